The third-order valence-electron chi connectivity index (χ3n) is 4.42. The van der Waals surface area contributed by atoms with E-state index in [-0.39, 0.29) is 6.42 Å². The van der Waals surface area contributed by atoms with E-state index in [1.807, 2.05) is 43.4 Å². The van der Waals surface area contributed by atoms with Gasteiger partial charge in [-0.25, -0.2) is 0 Å². The van der Waals surface area contributed by atoms with Crippen LogP contribution in [0.15, 0.2) is 48.6 Å². The minimum absolute atomic E-state index is 0.131. The van der Waals surface area contributed by atoms with Gasteiger partial charge in [0.25, 0.3) is 0 Å². The fraction of sp³-hybridized carbons (Fsp3) is 0.591. The molecule has 4 N–H and O–H groups in total. The standard InChI is InChI=1S/C22H34O6/c1-2-3-8-12-18(24)21-16-19(25)20(28-21)15-14-17(23)11-9-6-4-5-7-10-13-22(26)27/h3,5-9,14-15,17-21,23-25H,2,4,10-13,16H2,1H3,(H,26,27)/b7-5-,8-3-,9-6-,15-14+/t17-,18+,19-,20+,21+/m0/s1. The van der Waals surface area contributed by atoms with Gasteiger partial charge in [-0.2, -0.15) is 0 Å². The number of aliphatic hydroxyl groups is 3. The number of hydrogen-bond donors (Lipinski definition) is 4. The number of ether oxygens (including phenoxy) is 1. The largest absolute Gasteiger partial charge is 0.481 e. The van der Waals surface area contributed by atoms with E-state index in [9.17, 15) is 20.1 Å². The summed E-state index contributed by atoms with van der Waals surface area (Å²) in [6.07, 6.45) is 15.3. The van der Waals surface area contributed by atoms with E-state index in [1.54, 1.807) is 12.2 Å². The van der Waals surface area contributed by atoms with Gasteiger partial charge in [0.15, 0.2) is 0 Å². The van der Waals surface area contributed by atoms with Gasteiger partial charge in [0.2, 0.25) is 0 Å². The fourth-order valence-corrected chi connectivity index (χ4v) is 2.84. The zero-order chi connectivity index (χ0) is 20.8. The summed E-state index contributed by atoms with van der Waals surface area (Å²) in [6.45, 7) is 2.03. The highest BCUT2D eigenvalue weighted by molar-refractivity contribution is 5.66. The summed E-state index contributed by atoms with van der Waals surface area (Å²) in [4.78, 5) is 10.4. The molecule has 0 spiro atoms. The first-order valence-corrected chi connectivity index (χ1v) is 9.98. The molecule has 0 amide bonds. The van der Waals surface area contributed by atoms with Crippen LogP contribution in [-0.4, -0.2) is 56.9 Å². The molecule has 6 nitrogen and oxygen atoms in total. The molecular formula is C22H34O6. The zero-order valence-corrected chi connectivity index (χ0v) is 16.6. The minimum Gasteiger partial charge on any atom is -0.481 e. The molecule has 0 saturated carbocycles. The van der Waals surface area contributed by atoms with Gasteiger partial charge in [0.1, 0.15) is 6.10 Å². The summed E-state index contributed by atoms with van der Waals surface area (Å²) < 4.78 is 5.71. The molecule has 1 rings (SSSR count). The zero-order valence-electron chi connectivity index (χ0n) is 16.6. The van der Waals surface area contributed by atoms with Crippen LogP contribution < -0.4 is 0 Å². The van der Waals surface area contributed by atoms with Crippen LogP contribution in [0.4, 0.5) is 0 Å². The molecule has 1 heterocycles. The van der Waals surface area contributed by atoms with E-state index < -0.39 is 36.5 Å². The molecule has 1 aliphatic rings. The lowest BCUT2D eigenvalue weighted by Gasteiger charge is -2.16. The molecule has 0 unspecified atom stereocenters. The van der Waals surface area contributed by atoms with Gasteiger partial charge in [0.05, 0.1) is 24.4 Å². The molecule has 0 radical (unpaired) electrons. The van der Waals surface area contributed by atoms with Crippen molar-refractivity contribution in [3.05, 3.63) is 48.6 Å². The van der Waals surface area contributed by atoms with Crippen molar-refractivity contribution in [3.8, 4) is 0 Å². The van der Waals surface area contributed by atoms with E-state index in [2.05, 4.69) is 0 Å². The lowest BCUT2D eigenvalue weighted by molar-refractivity contribution is -0.136. The van der Waals surface area contributed by atoms with Gasteiger partial charge in [-0.3, -0.25) is 4.79 Å². The maximum absolute atomic E-state index is 10.4. The number of hydrogen-bond acceptors (Lipinski definition) is 5. The summed E-state index contributed by atoms with van der Waals surface area (Å²) in [6, 6.07) is 0. The van der Waals surface area contributed by atoms with E-state index in [4.69, 9.17) is 9.84 Å². The first-order chi connectivity index (χ1) is 13.4. The third-order valence-corrected chi connectivity index (χ3v) is 4.42. The topological polar surface area (TPSA) is 107 Å². The Hall–Kier alpha value is -1.73. The molecule has 0 bridgehead atoms. The van der Waals surface area contributed by atoms with E-state index >= 15 is 0 Å². The minimum atomic E-state index is -0.805. The average molecular weight is 395 g/mol. The molecule has 0 aliphatic carbocycles. The lowest BCUT2D eigenvalue weighted by atomic mass is 10.0. The van der Waals surface area contributed by atoms with Crippen LogP contribution in [0.5, 0.6) is 0 Å². The van der Waals surface area contributed by atoms with Crippen molar-refractivity contribution in [2.24, 2.45) is 0 Å². The second-order valence-corrected chi connectivity index (χ2v) is 6.92. The molecule has 1 fully saturated rings. The molecule has 5 atom stereocenters. The summed E-state index contributed by atoms with van der Waals surface area (Å²) in [5.74, 6) is -0.805. The Balaban J connectivity index is 2.29. The lowest BCUT2D eigenvalue weighted by Crippen LogP contribution is -2.25. The second kappa shape index (κ2) is 14.3. The first kappa shape index (κ1) is 24.3. The number of aliphatic carboxylic acids is 1. The number of aliphatic hydroxyl groups excluding tert-OH is 3. The van der Waals surface area contributed by atoms with Crippen molar-refractivity contribution in [2.45, 2.75) is 82.4 Å². The Morgan fingerprint density at radius 2 is 1.82 bits per heavy atom. The van der Waals surface area contributed by atoms with Crippen LogP contribution in [0.2, 0.25) is 0 Å². The number of carboxylic acid groups (broad SMARTS) is 1. The maximum atomic E-state index is 10.4. The molecular weight excluding hydrogens is 360 g/mol. The average Bonchev–Trinajstić information content (AvgIpc) is 3.03. The van der Waals surface area contributed by atoms with E-state index in [0.717, 1.165) is 6.42 Å². The Morgan fingerprint density at radius 3 is 2.54 bits per heavy atom. The summed E-state index contributed by atoms with van der Waals surface area (Å²) in [5, 5.41) is 38.8. The van der Waals surface area contributed by atoms with Gasteiger partial charge in [-0.05, 0) is 32.1 Å². The Bertz CT molecular complexity index is 551. The smallest absolute Gasteiger partial charge is 0.303 e. The molecule has 0 aromatic heterocycles. The van der Waals surface area contributed by atoms with Gasteiger partial charge in [-0.15, -0.1) is 0 Å². The van der Waals surface area contributed by atoms with Crippen LogP contribution in [0.25, 0.3) is 0 Å². The predicted octanol–water partition coefficient (Wildman–Crippen LogP) is 2.90. The van der Waals surface area contributed by atoms with Crippen molar-refractivity contribution in [2.75, 3.05) is 0 Å². The number of carboxylic acids is 1. The SMILES string of the molecule is CC/C=C\C[C@@H](O)[C@H]1C[C@H](O)[C@@H](/C=C/[C@@H](O)C/C=C\C/C=C\CCC(=O)O)O1. The number of rotatable bonds is 13. The normalized spacial score (nSPS) is 25.5. The molecule has 28 heavy (non-hydrogen) atoms. The summed E-state index contributed by atoms with van der Waals surface area (Å²) >= 11 is 0. The highest BCUT2D eigenvalue weighted by Gasteiger charge is 2.35. The highest BCUT2D eigenvalue weighted by atomic mass is 16.5. The van der Waals surface area contributed by atoms with Crippen molar-refractivity contribution in [1.82, 2.24) is 0 Å². The summed E-state index contributed by atoms with van der Waals surface area (Å²) in [5.41, 5.74) is 0. The Kier molecular flexibility index (Phi) is 12.4. The number of allylic oxidation sites excluding steroid dienone is 4. The molecule has 0 aromatic carbocycles. The fourth-order valence-electron chi connectivity index (χ4n) is 2.84. The van der Waals surface area contributed by atoms with Crippen LogP contribution in [-0.2, 0) is 9.53 Å². The predicted molar refractivity (Wildman–Crippen MR) is 109 cm³/mol. The second-order valence-electron chi connectivity index (χ2n) is 6.92. The van der Waals surface area contributed by atoms with Crippen LogP contribution in [0, 0.1) is 0 Å². The Labute approximate surface area is 167 Å². The van der Waals surface area contributed by atoms with Crippen molar-refractivity contribution >= 4 is 5.97 Å². The monoisotopic (exact) mass is 394 g/mol. The Morgan fingerprint density at radius 1 is 1.11 bits per heavy atom. The van der Waals surface area contributed by atoms with Crippen LogP contribution in [0.1, 0.15) is 51.9 Å². The molecule has 0 aromatic rings. The summed E-state index contributed by atoms with van der Waals surface area (Å²) in [7, 11) is 0. The van der Waals surface area contributed by atoms with E-state index in [0.29, 0.717) is 32.1 Å². The molecule has 1 saturated heterocycles. The quantitative estimate of drug-likeness (QED) is 0.358. The molecule has 6 heteroatoms. The van der Waals surface area contributed by atoms with E-state index in [1.165, 1.54) is 0 Å². The van der Waals surface area contributed by atoms with Crippen LogP contribution >= 0.6 is 0 Å². The first-order valence-electron chi connectivity index (χ1n) is 9.98. The molecule has 158 valence electrons. The van der Waals surface area contributed by atoms with Crippen LogP contribution in [0.3, 0.4) is 0 Å². The van der Waals surface area contributed by atoms with Crippen molar-refractivity contribution < 1.29 is 30.0 Å². The van der Waals surface area contributed by atoms with Crippen molar-refractivity contribution in [1.29, 1.82) is 0 Å². The number of carbonyl (C=O) groups is 1. The highest BCUT2D eigenvalue weighted by Crippen LogP contribution is 2.25. The van der Waals surface area contributed by atoms with Gasteiger partial charge < -0.3 is 25.2 Å². The van der Waals surface area contributed by atoms with Gasteiger partial charge in [-0.1, -0.05) is 55.5 Å². The maximum Gasteiger partial charge on any atom is 0.303 e. The molecule has 1 aliphatic heterocycles. The van der Waals surface area contributed by atoms with Gasteiger partial charge in [0, 0.05) is 12.8 Å². The van der Waals surface area contributed by atoms with Gasteiger partial charge >= 0.3 is 5.97 Å². The third kappa shape index (κ3) is 10.6. The van der Waals surface area contributed by atoms with Crippen molar-refractivity contribution in [3.63, 3.8) is 0 Å².